The minimum absolute atomic E-state index is 0.150. The van der Waals surface area contributed by atoms with Crippen LogP contribution in [0, 0.1) is 0 Å². The maximum absolute atomic E-state index is 11.9. The number of nitrogens with zero attached hydrogens (tertiary/aromatic N) is 4. The predicted molar refractivity (Wildman–Crippen MR) is 71.0 cm³/mol. The Hall–Kier alpha value is -1.30. The molecule has 0 radical (unpaired) electrons. The first-order valence-electron chi connectivity index (χ1n) is 6.33. The van der Waals surface area contributed by atoms with E-state index < -0.39 is 5.60 Å². The number of halogens is 1. The first kappa shape index (κ1) is 14.1. The van der Waals surface area contributed by atoms with Crippen LogP contribution in [0.2, 0.25) is 0 Å². The summed E-state index contributed by atoms with van der Waals surface area (Å²) >= 11 is 5.70. The largest absolute Gasteiger partial charge is 0.444 e. The van der Waals surface area contributed by atoms with Gasteiger partial charge in [-0.2, -0.15) is 0 Å². The summed E-state index contributed by atoms with van der Waals surface area (Å²) in [5.41, 5.74) is 0.284. The number of rotatable bonds is 2. The van der Waals surface area contributed by atoms with Gasteiger partial charge in [-0.15, -0.1) is 16.7 Å². The number of hydrogen-bond donors (Lipinski definition) is 0. The Morgan fingerprint density at radius 3 is 2.89 bits per heavy atom. The molecule has 1 aromatic rings. The molecule has 1 amide bonds. The van der Waals surface area contributed by atoms with Crippen LogP contribution in [0.4, 0.5) is 4.79 Å². The lowest BCUT2D eigenvalue weighted by atomic mass is 10.2. The molecule has 1 saturated heterocycles. The highest BCUT2D eigenvalue weighted by molar-refractivity contribution is 6.16. The molecular weight excluding hydrogens is 268 g/mol. The van der Waals surface area contributed by atoms with Crippen LogP contribution in [0.3, 0.4) is 0 Å². The Morgan fingerprint density at radius 1 is 1.58 bits per heavy atom. The van der Waals surface area contributed by atoms with Gasteiger partial charge in [0, 0.05) is 13.1 Å². The molecule has 1 atom stereocenters. The minimum atomic E-state index is -0.464. The molecule has 1 fully saturated rings. The second-order valence-corrected chi connectivity index (χ2v) is 5.96. The topological polar surface area (TPSA) is 60.2 Å². The van der Waals surface area contributed by atoms with Crippen LogP contribution in [0.1, 0.15) is 38.9 Å². The molecule has 0 N–H and O–H groups in total. The second kappa shape index (κ2) is 5.36. The number of likely N-dealkylation sites (tertiary alicyclic amines) is 1. The summed E-state index contributed by atoms with van der Waals surface area (Å²) in [6.07, 6.45) is 2.41. The molecule has 0 aromatic carbocycles. The molecule has 0 saturated carbocycles. The summed E-state index contributed by atoms with van der Waals surface area (Å²) in [7, 11) is 0. The highest BCUT2D eigenvalue weighted by atomic mass is 35.5. The van der Waals surface area contributed by atoms with Gasteiger partial charge >= 0.3 is 6.09 Å². The SMILES string of the molecule is CC(C)(C)OC(=O)N1CC[C@H](n2cc(CCl)nn2)C1. The van der Waals surface area contributed by atoms with Gasteiger partial charge in [-0.1, -0.05) is 5.21 Å². The Balaban J connectivity index is 1.94. The van der Waals surface area contributed by atoms with Crippen molar-refractivity contribution in [1.29, 1.82) is 0 Å². The number of alkyl halides is 1. The van der Waals surface area contributed by atoms with Crippen LogP contribution < -0.4 is 0 Å². The third kappa shape index (κ3) is 3.59. The summed E-state index contributed by atoms with van der Waals surface area (Å²) in [4.78, 5) is 13.6. The van der Waals surface area contributed by atoms with E-state index in [2.05, 4.69) is 10.3 Å². The maximum Gasteiger partial charge on any atom is 0.410 e. The number of amides is 1. The van der Waals surface area contributed by atoms with Crippen molar-refractivity contribution in [3.8, 4) is 0 Å². The minimum Gasteiger partial charge on any atom is -0.444 e. The zero-order valence-corrected chi connectivity index (χ0v) is 12.2. The molecule has 1 aliphatic rings. The van der Waals surface area contributed by atoms with Gasteiger partial charge in [0.15, 0.2) is 0 Å². The van der Waals surface area contributed by atoms with Crippen LogP contribution in [-0.2, 0) is 10.6 Å². The van der Waals surface area contributed by atoms with Crippen molar-refractivity contribution in [3.63, 3.8) is 0 Å². The molecule has 1 aliphatic heterocycles. The van der Waals surface area contributed by atoms with Crippen molar-refractivity contribution in [3.05, 3.63) is 11.9 Å². The molecular formula is C12H19ClN4O2. The van der Waals surface area contributed by atoms with Crippen LogP contribution in [0.15, 0.2) is 6.20 Å². The molecule has 2 heterocycles. The zero-order chi connectivity index (χ0) is 14.0. The first-order chi connectivity index (χ1) is 8.89. The lowest BCUT2D eigenvalue weighted by Gasteiger charge is -2.24. The van der Waals surface area contributed by atoms with Crippen molar-refractivity contribution < 1.29 is 9.53 Å². The van der Waals surface area contributed by atoms with E-state index in [1.165, 1.54) is 0 Å². The van der Waals surface area contributed by atoms with Crippen LogP contribution in [0.5, 0.6) is 0 Å². The van der Waals surface area contributed by atoms with Crippen molar-refractivity contribution in [2.45, 2.75) is 44.7 Å². The third-order valence-electron chi connectivity index (χ3n) is 2.88. The summed E-state index contributed by atoms with van der Waals surface area (Å²) in [5.74, 6) is 0.350. The highest BCUT2D eigenvalue weighted by Gasteiger charge is 2.31. The number of carbonyl (C=O) groups is 1. The summed E-state index contributed by atoms with van der Waals surface area (Å²) in [6, 6.07) is 0.150. The van der Waals surface area contributed by atoms with Gasteiger partial charge in [0.1, 0.15) is 5.60 Å². The molecule has 0 spiro atoms. The molecule has 6 nitrogen and oxygen atoms in total. The van der Waals surface area contributed by atoms with E-state index in [1.54, 1.807) is 9.58 Å². The van der Waals surface area contributed by atoms with Gasteiger partial charge < -0.3 is 9.64 Å². The Morgan fingerprint density at radius 2 is 2.32 bits per heavy atom. The lowest BCUT2D eigenvalue weighted by molar-refractivity contribution is 0.0288. The molecule has 19 heavy (non-hydrogen) atoms. The normalized spacial score (nSPS) is 19.8. The average Bonchev–Trinajstić information content (AvgIpc) is 2.95. The van der Waals surface area contributed by atoms with Crippen molar-refractivity contribution in [1.82, 2.24) is 19.9 Å². The van der Waals surface area contributed by atoms with E-state index >= 15 is 0 Å². The molecule has 0 bridgehead atoms. The third-order valence-corrected chi connectivity index (χ3v) is 3.16. The van der Waals surface area contributed by atoms with Crippen molar-refractivity contribution in [2.75, 3.05) is 13.1 Å². The van der Waals surface area contributed by atoms with E-state index in [0.717, 1.165) is 12.1 Å². The maximum atomic E-state index is 11.9. The number of hydrogen-bond acceptors (Lipinski definition) is 4. The average molecular weight is 287 g/mol. The van der Waals surface area contributed by atoms with Gasteiger partial charge in [-0.3, -0.25) is 0 Å². The second-order valence-electron chi connectivity index (χ2n) is 5.69. The number of ether oxygens (including phenoxy) is 1. The Bertz CT molecular complexity index is 455. The molecule has 2 rings (SSSR count). The highest BCUT2D eigenvalue weighted by Crippen LogP contribution is 2.23. The van der Waals surface area contributed by atoms with Gasteiger partial charge in [0.25, 0.3) is 0 Å². The summed E-state index contributed by atoms with van der Waals surface area (Å²) in [5, 5.41) is 8.00. The molecule has 106 valence electrons. The fourth-order valence-electron chi connectivity index (χ4n) is 2.00. The van der Waals surface area contributed by atoms with Gasteiger partial charge in [0.2, 0.25) is 0 Å². The lowest BCUT2D eigenvalue weighted by Crippen LogP contribution is -2.35. The monoisotopic (exact) mass is 286 g/mol. The van der Waals surface area contributed by atoms with Gasteiger partial charge in [-0.05, 0) is 27.2 Å². The predicted octanol–water partition coefficient (Wildman–Crippen LogP) is 2.20. The van der Waals surface area contributed by atoms with E-state index in [0.29, 0.717) is 19.0 Å². The Labute approximate surface area is 117 Å². The Kier molecular flexibility index (Phi) is 3.99. The number of carbonyl (C=O) groups excluding carboxylic acids is 1. The fourth-order valence-corrected chi connectivity index (χ4v) is 2.13. The smallest absolute Gasteiger partial charge is 0.410 e. The van der Waals surface area contributed by atoms with E-state index in [4.69, 9.17) is 16.3 Å². The molecule has 7 heteroatoms. The van der Waals surface area contributed by atoms with E-state index in [9.17, 15) is 4.79 Å². The fraction of sp³-hybridized carbons (Fsp3) is 0.750. The quantitative estimate of drug-likeness (QED) is 0.782. The van der Waals surface area contributed by atoms with E-state index in [-0.39, 0.29) is 12.1 Å². The summed E-state index contributed by atoms with van der Waals surface area (Å²) < 4.78 is 7.13. The number of aromatic nitrogens is 3. The van der Waals surface area contributed by atoms with E-state index in [1.807, 2.05) is 27.0 Å². The van der Waals surface area contributed by atoms with Crippen LogP contribution >= 0.6 is 11.6 Å². The first-order valence-corrected chi connectivity index (χ1v) is 6.87. The van der Waals surface area contributed by atoms with Crippen LogP contribution in [-0.4, -0.2) is 44.7 Å². The molecule has 1 aromatic heterocycles. The standard InChI is InChI=1S/C12H19ClN4O2/c1-12(2,3)19-11(18)16-5-4-10(8-16)17-7-9(6-13)14-15-17/h7,10H,4-6,8H2,1-3H3/t10-/m0/s1. The van der Waals surface area contributed by atoms with Gasteiger partial charge in [0.05, 0.1) is 23.8 Å². The molecule has 0 aliphatic carbocycles. The zero-order valence-electron chi connectivity index (χ0n) is 11.5. The summed E-state index contributed by atoms with van der Waals surface area (Å²) in [6.45, 7) is 6.86. The molecule has 0 unspecified atom stereocenters. The van der Waals surface area contributed by atoms with Crippen molar-refractivity contribution in [2.24, 2.45) is 0 Å². The van der Waals surface area contributed by atoms with Crippen LogP contribution in [0.25, 0.3) is 0 Å². The van der Waals surface area contributed by atoms with Crippen molar-refractivity contribution >= 4 is 17.7 Å². The van der Waals surface area contributed by atoms with Gasteiger partial charge in [-0.25, -0.2) is 9.48 Å².